The van der Waals surface area contributed by atoms with Crippen LogP contribution in [-0.2, 0) is 0 Å². The van der Waals surface area contributed by atoms with E-state index in [1.807, 2.05) is 54.6 Å². The largest absolute Gasteiger partial charge is 0.456 e. The van der Waals surface area contributed by atoms with Crippen LogP contribution in [0.15, 0.2) is 217 Å². The molecule has 0 saturated heterocycles. The Labute approximate surface area is 324 Å². The summed E-state index contributed by atoms with van der Waals surface area (Å²) in [5.41, 5.74) is 11.4. The maximum atomic E-state index is 8.93. The molecule has 0 fully saturated rings. The van der Waals surface area contributed by atoms with Gasteiger partial charge in [0.1, 0.15) is 11.2 Å². The Hall–Kier alpha value is -7.16. The lowest BCUT2D eigenvalue weighted by Crippen LogP contribution is -2.10. The Morgan fingerprint density at radius 2 is 0.981 bits per heavy atom. The van der Waals surface area contributed by atoms with E-state index in [1.165, 1.54) is 0 Å². The zero-order valence-corrected chi connectivity index (χ0v) is 29.0. The summed E-state index contributed by atoms with van der Waals surface area (Å²) in [6.07, 6.45) is 0. The van der Waals surface area contributed by atoms with Gasteiger partial charge in [0.2, 0.25) is 0 Å². The van der Waals surface area contributed by atoms with E-state index in [0.29, 0.717) is 5.56 Å². The van der Waals surface area contributed by atoms with E-state index in [-0.39, 0.29) is 28.4 Å². The zero-order valence-electron chi connectivity index (χ0n) is 36.0. The van der Waals surface area contributed by atoms with Gasteiger partial charge in [-0.25, -0.2) is 0 Å². The molecular formula is C52H35NO. The average Bonchev–Trinajstić information content (AvgIpc) is 3.70. The Morgan fingerprint density at radius 3 is 1.74 bits per heavy atom. The lowest BCUT2D eigenvalue weighted by atomic mass is 9.91. The van der Waals surface area contributed by atoms with Gasteiger partial charge in [0, 0.05) is 16.8 Å². The standard InChI is InChI=1S/C52H35NO/c1-3-13-37(14-4-1)46-34-29-41(35-48(46)39-15-5-2-6-16-39)36-25-30-42(31-26-36)53(49-22-12-24-51-52(49)47-20-9-10-23-50(47)54-51)43-32-27-40(28-33-43)45-21-11-18-38-17-7-8-19-44(38)45/h1-35H/i7D,8D,11D,17D,18D,19D,21D. The van der Waals surface area contributed by atoms with Gasteiger partial charge in [-0.15, -0.1) is 0 Å². The summed E-state index contributed by atoms with van der Waals surface area (Å²) in [4.78, 5) is 2.15. The van der Waals surface area contributed by atoms with Gasteiger partial charge < -0.3 is 9.32 Å². The minimum Gasteiger partial charge on any atom is -0.456 e. The van der Waals surface area contributed by atoms with Crippen molar-refractivity contribution in [3.63, 3.8) is 0 Å². The summed E-state index contributed by atoms with van der Waals surface area (Å²) in [5, 5.41) is 1.89. The first-order valence-electron chi connectivity index (χ1n) is 21.4. The molecule has 2 nitrogen and oxygen atoms in total. The average molecular weight is 697 g/mol. The van der Waals surface area contributed by atoms with Crippen LogP contribution < -0.4 is 4.90 Å². The predicted molar refractivity (Wildman–Crippen MR) is 228 cm³/mol. The summed E-state index contributed by atoms with van der Waals surface area (Å²) in [5.74, 6) is 0. The minimum atomic E-state index is -0.479. The number of anilines is 3. The van der Waals surface area contributed by atoms with Gasteiger partial charge >= 0.3 is 0 Å². The number of furan rings is 1. The summed E-state index contributed by atoms with van der Waals surface area (Å²) in [6.45, 7) is 0. The molecule has 54 heavy (non-hydrogen) atoms. The summed E-state index contributed by atoms with van der Waals surface area (Å²) >= 11 is 0. The normalized spacial score (nSPS) is 13.1. The van der Waals surface area contributed by atoms with Crippen LogP contribution in [0.1, 0.15) is 9.60 Å². The fraction of sp³-hybridized carbons (Fsp3) is 0. The quantitative estimate of drug-likeness (QED) is 0.165. The van der Waals surface area contributed by atoms with Crippen molar-refractivity contribution in [1.82, 2.24) is 0 Å². The van der Waals surface area contributed by atoms with Crippen molar-refractivity contribution in [3.05, 3.63) is 212 Å². The van der Waals surface area contributed by atoms with Crippen LogP contribution >= 0.6 is 0 Å². The highest BCUT2D eigenvalue weighted by Crippen LogP contribution is 2.44. The van der Waals surface area contributed by atoms with Crippen LogP contribution in [0.5, 0.6) is 0 Å². The molecule has 0 saturated carbocycles. The second kappa shape index (κ2) is 13.4. The Morgan fingerprint density at radius 1 is 0.389 bits per heavy atom. The van der Waals surface area contributed by atoms with Crippen molar-refractivity contribution in [1.29, 1.82) is 0 Å². The molecule has 0 aliphatic rings. The number of hydrogen-bond acceptors (Lipinski definition) is 2. The summed E-state index contributed by atoms with van der Waals surface area (Å²) in [6, 6.07) is 54.6. The summed E-state index contributed by atoms with van der Waals surface area (Å²) in [7, 11) is 0. The molecule has 0 radical (unpaired) electrons. The third-order valence-electron chi connectivity index (χ3n) is 10.00. The molecule has 254 valence electrons. The van der Waals surface area contributed by atoms with Crippen molar-refractivity contribution in [2.45, 2.75) is 0 Å². The molecule has 0 atom stereocenters. The second-order valence-corrected chi connectivity index (χ2v) is 13.2. The topological polar surface area (TPSA) is 16.4 Å². The number of benzene rings is 9. The molecule has 2 heteroatoms. The third kappa shape index (κ3) is 5.62. The molecule has 0 amide bonds. The van der Waals surface area contributed by atoms with Crippen LogP contribution in [0.2, 0.25) is 0 Å². The zero-order chi connectivity index (χ0) is 41.9. The van der Waals surface area contributed by atoms with Crippen LogP contribution in [0.25, 0.3) is 77.2 Å². The number of hydrogen-bond donors (Lipinski definition) is 0. The van der Waals surface area contributed by atoms with E-state index < -0.39 is 30.2 Å². The predicted octanol–water partition coefficient (Wildman–Crippen LogP) is 14.9. The maximum Gasteiger partial charge on any atom is 0.137 e. The van der Waals surface area contributed by atoms with Gasteiger partial charge in [-0.2, -0.15) is 0 Å². The Balaban J connectivity index is 1.12. The number of fused-ring (bicyclic) bond motifs is 4. The smallest absolute Gasteiger partial charge is 0.137 e. The molecule has 1 aromatic heterocycles. The first-order valence-corrected chi connectivity index (χ1v) is 17.9. The highest BCUT2D eigenvalue weighted by atomic mass is 16.3. The number of nitrogens with zero attached hydrogens (tertiary/aromatic N) is 1. The van der Waals surface area contributed by atoms with Crippen LogP contribution in [0, 0.1) is 0 Å². The van der Waals surface area contributed by atoms with E-state index in [0.717, 1.165) is 72.4 Å². The van der Waals surface area contributed by atoms with Gasteiger partial charge in [0.15, 0.2) is 0 Å². The van der Waals surface area contributed by atoms with Gasteiger partial charge in [0.25, 0.3) is 0 Å². The number of para-hydroxylation sites is 1. The van der Waals surface area contributed by atoms with Crippen LogP contribution in [0.4, 0.5) is 17.1 Å². The lowest BCUT2D eigenvalue weighted by Gasteiger charge is -2.27. The second-order valence-electron chi connectivity index (χ2n) is 13.2. The molecule has 0 aliphatic heterocycles. The molecule has 10 aromatic rings. The van der Waals surface area contributed by atoms with Gasteiger partial charge in [-0.3, -0.25) is 0 Å². The van der Waals surface area contributed by atoms with E-state index >= 15 is 0 Å². The number of rotatable bonds is 7. The molecule has 10 rings (SSSR count). The molecule has 0 bridgehead atoms. The van der Waals surface area contributed by atoms with Crippen molar-refractivity contribution >= 4 is 49.8 Å². The molecule has 0 aliphatic carbocycles. The fourth-order valence-corrected chi connectivity index (χ4v) is 7.43. The Kier molecular flexibility index (Phi) is 6.20. The van der Waals surface area contributed by atoms with Crippen molar-refractivity contribution in [2.24, 2.45) is 0 Å². The molecule has 0 N–H and O–H groups in total. The van der Waals surface area contributed by atoms with E-state index in [1.54, 1.807) is 12.1 Å². The monoisotopic (exact) mass is 696 g/mol. The third-order valence-corrected chi connectivity index (χ3v) is 10.00. The van der Waals surface area contributed by atoms with Gasteiger partial charge in [-0.05, 0) is 104 Å². The summed E-state index contributed by atoms with van der Waals surface area (Å²) < 4.78 is 66.5. The molecule has 1 heterocycles. The highest BCUT2D eigenvalue weighted by Gasteiger charge is 2.20. The SMILES string of the molecule is [2H]c1c([2H])c([2H])c2c(-c3ccc(N(c4ccc(-c5ccc(-c6ccccc6)c(-c6ccccc6)c5)cc4)c4cccc5oc6ccccc6c45)cc3)c([2H])c([2H])c([2H])c2c1[2H]. The van der Waals surface area contributed by atoms with Gasteiger partial charge in [-0.1, -0.05) is 164 Å². The molecule has 9 aromatic carbocycles. The first-order chi connectivity index (χ1) is 29.7. The molecule has 0 unspecified atom stereocenters. The van der Waals surface area contributed by atoms with Crippen LogP contribution in [-0.4, -0.2) is 0 Å². The first kappa shape index (κ1) is 24.9. The Bertz CT molecular complexity index is 3300. The fourth-order valence-electron chi connectivity index (χ4n) is 7.43. The van der Waals surface area contributed by atoms with Crippen molar-refractivity contribution < 1.29 is 14.0 Å². The highest BCUT2D eigenvalue weighted by molar-refractivity contribution is 6.13. The van der Waals surface area contributed by atoms with E-state index in [4.69, 9.17) is 14.0 Å². The van der Waals surface area contributed by atoms with Gasteiger partial charge in [0.05, 0.1) is 20.7 Å². The maximum absolute atomic E-state index is 8.93. The van der Waals surface area contributed by atoms with Crippen LogP contribution in [0.3, 0.4) is 0 Å². The molecular weight excluding hydrogens is 655 g/mol. The molecule has 0 spiro atoms. The van der Waals surface area contributed by atoms with Crippen molar-refractivity contribution in [3.8, 4) is 44.5 Å². The van der Waals surface area contributed by atoms with E-state index in [2.05, 4.69) is 108 Å². The van der Waals surface area contributed by atoms with E-state index in [9.17, 15) is 0 Å². The lowest BCUT2D eigenvalue weighted by molar-refractivity contribution is 0.669. The minimum absolute atomic E-state index is 0.0547. The van der Waals surface area contributed by atoms with Crippen molar-refractivity contribution in [2.75, 3.05) is 4.90 Å².